The summed E-state index contributed by atoms with van der Waals surface area (Å²) < 4.78 is 0. The van der Waals surface area contributed by atoms with Crippen molar-refractivity contribution < 1.29 is 9.72 Å². The molecule has 0 saturated heterocycles. The molecule has 0 radical (unpaired) electrons. The Morgan fingerprint density at radius 2 is 1.79 bits per heavy atom. The van der Waals surface area contributed by atoms with E-state index in [0.717, 1.165) is 0 Å². The molecule has 0 unspecified atom stereocenters. The lowest BCUT2D eigenvalue weighted by molar-refractivity contribution is -0.384. The number of hydrogen-bond acceptors (Lipinski definition) is 5. The number of amides is 1. The molecule has 0 spiro atoms. The molecule has 0 fully saturated rings. The van der Waals surface area contributed by atoms with E-state index in [1.807, 2.05) is 0 Å². The maximum atomic E-state index is 11.7. The van der Waals surface area contributed by atoms with Gasteiger partial charge >= 0.3 is 0 Å². The first-order valence-electron chi connectivity index (χ1n) is 4.81. The summed E-state index contributed by atoms with van der Waals surface area (Å²) in [5.74, 6) is -0.517. The highest BCUT2D eigenvalue weighted by atomic mass is 32.1. The van der Waals surface area contributed by atoms with Gasteiger partial charge in [0.05, 0.1) is 4.92 Å². The van der Waals surface area contributed by atoms with Crippen LogP contribution in [-0.4, -0.2) is 21.1 Å². The predicted octanol–water partition coefficient (Wildman–Crippen LogP) is -0.0527. The number of carbonyl (C=O) groups excluding carboxylic acids is 1. The van der Waals surface area contributed by atoms with E-state index in [4.69, 9.17) is 18.0 Å². The monoisotopic (exact) mass is 299 g/mol. The van der Waals surface area contributed by atoms with Crippen LogP contribution >= 0.6 is 24.4 Å². The Kier molecular flexibility index (Phi) is 5.09. The maximum absolute atomic E-state index is 11.7. The topological polar surface area (TPSA) is 122 Å². The number of thiocarbonyl (C=S) groups is 2. The Bertz CT molecular complexity index is 531. The fourth-order valence-corrected chi connectivity index (χ4v) is 1.25. The highest BCUT2D eigenvalue weighted by Gasteiger charge is 2.10. The standard InChI is InChI=1S/C9H9N5O3S2/c10-8(18)12-13-9(19)11-7(15)5-1-3-6(4-2-5)14(16)17/h1-4H,(H3,10,12,18)(H2,11,13,15,19). The number of hydrogen-bond donors (Lipinski definition) is 4. The van der Waals surface area contributed by atoms with E-state index in [0.29, 0.717) is 0 Å². The molecule has 1 amide bonds. The molecule has 0 bridgehead atoms. The highest BCUT2D eigenvalue weighted by molar-refractivity contribution is 7.80. The lowest BCUT2D eigenvalue weighted by Gasteiger charge is -2.09. The highest BCUT2D eigenvalue weighted by Crippen LogP contribution is 2.11. The fraction of sp³-hybridized carbons (Fsp3) is 0. The zero-order valence-corrected chi connectivity index (χ0v) is 11.0. The van der Waals surface area contributed by atoms with Crippen LogP contribution in [0.4, 0.5) is 5.69 Å². The van der Waals surface area contributed by atoms with Gasteiger partial charge in [-0.2, -0.15) is 0 Å². The van der Waals surface area contributed by atoms with Crippen molar-refractivity contribution in [3.05, 3.63) is 39.9 Å². The Morgan fingerprint density at radius 3 is 2.26 bits per heavy atom. The van der Waals surface area contributed by atoms with Gasteiger partial charge in [0.15, 0.2) is 10.2 Å². The van der Waals surface area contributed by atoms with Gasteiger partial charge in [0.1, 0.15) is 0 Å². The summed E-state index contributed by atoms with van der Waals surface area (Å²) in [7, 11) is 0. The van der Waals surface area contributed by atoms with Gasteiger partial charge in [-0.1, -0.05) is 0 Å². The average molecular weight is 299 g/mol. The van der Waals surface area contributed by atoms with Gasteiger partial charge in [0.25, 0.3) is 11.6 Å². The minimum Gasteiger partial charge on any atom is -0.375 e. The molecule has 1 aromatic rings. The second kappa shape index (κ2) is 6.56. The van der Waals surface area contributed by atoms with Crippen molar-refractivity contribution in [2.75, 3.05) is 0 Å². The van der Waals surface area contributed by atoms with Crippen molar-refractivity contribution in [2.45, 2.75) is 0 Å². The smallest absolute Gasteiger partial charge is 0.269 e. The van der Waals surface area contributed by atoms with Crippen LogP contribution in [0, 0.1) is 10.1 Å². The third-order valence-corrected chi connectivity index (χ3v) is 2.17. The van der Waals surface area contributed by atoms with Gasteiger partial charge in [0.2, 0.25) is 0 Å². The number of nitrogens with zero attached hydrogens (tertiary/aromatic N) is 1. The van der Waals surface area contributed by atoms with Crippen LogP contribution < -0.4 is 21.9 Å². The van der Waals surface area contributed by atoms with Crippen molar-refractivity contribution in [3.63, 3.8) is 0 Å². The summed E-state index contributed by atoms with van der Waals surface area (Å²) in [6.45, 7) is 0. The molecule has 0 aliphatic carbocycles. The van der Waals surface area contributed by atoms with E-state index >= 15 is 0 Å². The quantitative estimate of drug-likeness (QED) is 0.340. The molecule has 19 heavy (non-hydrogen) atoms. The van der Waals surface area contributed by atoms with Gasteiger partial charge < -0.3 is 5.73 Å². The summed E-state index contributed by atoms with van der Waals surface area (Å²) >= 11 is 9.31. The second-order valence-electron chi connectivity index (χ2n) is 3.20. The van der Waals surface area contributed by atoms with Crippen LogP contribution in [0.2, 0.25) is 0 Å². The Labute approximate surface area is 118 Å². The molecule has 0 aromatic heterocycles. The predicted molar refractivity (Wildman–Crippen MR) is 76.2 cm³/mol. The van der Waals surface area contributed by atoms with E-state index in [1.54, 1.807) is 0 Å². The van der Waals surface area contributed by atoms with Crippen molar-refractivity contribution in [2.24, 2.45) is 5.73 Å². The molecule has 0 aliphatic heterocycles. The third kappa shape index (κ3) is 4.81. The first-order chi connectivity index (χ1) is 8.90. The van der Waals surface area contributed by atoms with Crippen LogP contribution in [-0.2, 0) is 0 Å². The maximum Gasteiger partial charge on any atom is 0.269 e. The Balaban J connectivity index is 2.60. The normalized spacial score (nSPS) is 9.26. The number of hydrazine groups is 1. The molecule has 1 rings (SSSR count). The van der Waals surface area contributed by atoms with Crippen molar-refractivity contribution in [1.82, 2.24) is 16.2 Å². The van der Waals surface area contributed by atoms with Crippen LogP contribution in [0.15, 0.2) is 24.3 Å². The van der Waals surface area contributed by atoms with Gasteiger partial charge in [0, 0.05) is 17.7 Å². The molecular formula is C9H9N5O3S2. The lowest BCUT2D eigenvalue weighted by atomic mass is 10.2. The zero-order chi connectivity index (χ0) is 14.4. The summed E-state index contributed by atoms with van der Waals surface area (Å²) in [5, 5.41) is 12.7. The van der Waals surface area contributed by atoms with Gasteiger partial charge in [-0.05, 0) is 36.6 Å². The average Bonchev–Trinajstić information content (AvgIpc) is 2.36. The molecule has 0 atom stereocenters. The van der Waals surface area contributed by atoms with Crippen LogP contribution in [0.3, 0.4) is 0 Å². The lowest BCUT2D eigenvalue weighted by Crippen LogP contribution is -2.50. The number of carbonyl (C=O) groups is 1. The molecule has 10 heteroatoms. The minimum atomic E-state index is -0.556. The zero-order valence-electron chi connectivity index (χ0n) is 9.38. The van der Waals surface area contributed by atoms with Crippen molar-refractivity contribution >= 4 is 46.3 Å². The molecule has 0 saturated carbocycles. The number of nitrogens with one attached hydrogen (secondary N) is 3. The largest absolute Gasteiger partial charge is 0.375 e. The van der Waals surface area contributed by atoms with Gasteiger partial charge in [-0.3, -0.25) is 31.1 Å². The summed E-state index contributed by atoms with van der Waals surface area (Å²) in [4.78, 5) is 21.6. The first kappa shape index (κ1) is 14.7. The fourth-order valence-electron chi connectivity index (χ4n) is 1.06. The van der Waals surface area contributed by atoms with E-state index in [1.165, 1.54) is 24.3 Å². The number of nitro benzene ring substituents is 1. The molecule has 8 nitrogen and oxygen atoms in total. The van der Waals surface area contributed by atoms with E-state index in [9.17, 15) is 14.9 Å². The third-order valence-electron chi connectivity index (χ3n) is 1.87. The molecule has 0 heterocycles. The van der Waals surface area contributed by atoms with Crippen molar-refractivity contribution in [1.29, 1.82) is 0 Å². The van der Waals surface area contributed by atoms with Crippen molar-refractivity contribution in [3.8, 4) is 0 Å². The molecule has 100 valence electrons. The molecular weight excluding hydrogens is 290 g/mol. The summed E-state index contributed by atoms with van der Waals surface area (Å²) in [6.07, 6.45) is 0. The Morgan fingerprint density at radius 1 is 1.21 bits per heavy atom. The molecule has 5 N–H and O–H groups in total. The first-order valence-corrected chi connectivity index (χ1v) is 5.63. The van der Waals surface area contributed by atoms with Crippen LogP contribution in [0.25, 0.3) is 0 Å². The molecule has 1 aromatic carbocycles. The number of non-ortho nitro benzene ring substituents is 1. The number of rotatable bonds is 2. The van der Waals surface area contributed by atoms with E-state index in [-0.39, 0.29) is 21.5 Å². The molecule has 0 aliphatic rings. The number of nitrogens with two attached hydrogens (primary N) is 1. The Hall–Kier alpha value is -2.33. The van der Waals surface area contributed by atoms with Gasteiger partial charge in [-0.25, -0.2) is 0 Å². The summed E-state index contributed by atoms with van der Waals surface area (Å²) in [5.41, 5.74) is 10.00. The minimum absolute atomic E-state index is 0.0313. The van der Waals surface area contributed by atoms with E-state index in [2.05, 4.69) is 28.4 Å². The van der Waals surface area contributed by atoms with E-state index < -0.39 is 10.8 Å². The number of benzene rings is 1. The number of nitro groups is 1. The summed E-state index contributed by atoms with van der Waals surface area (Å²) in [6, 6.07) is 5.07. The van der Waals surface area contributed by atoms with Gasteiger partial charge in [-0.15, -0.1) is 0 Å². The van der Waals surface area contributed by atoms with Crippen LogP contribution in [0.5, 0.6) is 0 Å². The second-order valence-corrected chi connectivity index (χ2v) is 4.05. The van der Waals surface area contributed by atoms with Crippen LogP contribution in [0.1, 0.15) is 10.4 Å². The SMILES string of the molecule is NC(=S)NNC(=S)NC(=O)c1ccc([N+](=O)[O-])cc1.